The summed E-state index contributed by atoms with van der Waals surface area (Å²) in [5, 5.41) is 2.61. The Balaban J connectivity index is 1.46. The van der Waals surface area contributed by atoms with Crippen molar-refractivity contribution in [2.75, 3.05) is 13.2 Å². The number of fused-ring (bicyclic) bond motifs is 1. The predicted octanol–water partition coefficient (Wildman–Crippen LogP) is 4.04. The Morgan fingerprint density at radius 2 is 1.88 bits per heavy atom. The maximum Gasteiger partial charge on any atom is 0.392 e. The number of hydrogen-bond acceptors (Lipinski definition) is 2. The zero-order chi connectivity index (χ0) is 17.9. The van der Waals surface area contributed by atoms with E-state index in [9.17, 15) is 18.0 Å². The normalized spacial score (nSPS) is 23.2. The highest BCUT2D eigenvalue weighted by Gasteiger charge is 2.47. The fraction of sp³-hybridized carbons (Fsp3) is 0.632. The first-order chi connectivity index (χ1) is 11.9. The van der Waals surface area contributed by atoms with Crippen molar-refractivity contribution in [1.29, 1.82) is 0 Å². The Morgan fingerprint density at radius 3 is 2.68 bits per heavy atom. The molecule has 3 rings (SSSR count). The minimum Gasteiger partial charge on any atom is -0.492 e. The lowest BCUT2D eigenvalue weighted by Gasteiger charge is -2.31. The van der Waals surface area contributed by atoms with Gasteiger partial charge in [0.25, 0.3) is 0 Å². The first-order valence-electron chi connectivity index (χ1n) is 9.04. The number of alkyl halides is 3. The monoisotopic (exact) mass is 355 g/mol. The maximum absolute atomic E-state index is 13.1. The molecule has 0 aromatic heterocycles. The van der Waals surface area contributed by atoms with Crippen LogP contribution in [0, 0.1) is 11.8 Å². The van der Waals surface area contributed by atoms with Crippen LogP contribution in [-0.2, 0) is 17.6 Å². The highest BCUT2D eigenvalue weighted by atomic mass is 19.4. The van der Waals surface area contributed by atoms with Gasteiger partial charge in [-0.1, -0.05) is 18.9 Å². The van der Waals surface area contributed by atoms with Gasteiger partial charge in [-0.3, -0.25) is 4.79 Å². The van der Waals surface area contributed by atoms with Crippen molar-refractivity contribution in [2.24, 2.45) is 11.8 Å². The number of rotatable bonds is 5. The Kier molecular flexibility index (Phi) is 5.54. The molecule has 2 atom stereocenters. The van der Waals surface area contributed by atoms with E-state index >= 15 is 0 Å². The Labute approximate surface area is 145 Å². The van der Waals surface area contributed by atoms with Crippen LogP contribution in [-0.4, -0.2) is 25.2 Å². The first-order valence-corrected chi connectivity index (χ1v) is 9.04. The summed E-state index contributed by atoms with van der Waals surface area (Å²) in [7, 11) is 0. The van der Waals surface area contributed by atoms with E-state index in [1.165, 1.54) is 11.1 Å². The van der Waals surface area contributed by atoms with E-state index in [2.05, 4.69) is 11.4 Å². The number of carbonyl (C=O) groups excluding carboxylic acids is 1. The molecule has 3 nitrogen and oxygen atoms in total. The van der Waals surface area contributed by atoms with E-state index in [4.69, 9.17) is 4.74 Å². The Morgan fingerprint density at radius 1 is 1.12 bits per heavy atom. The van der Waals surface area contributed by atoms with Crippen LogP contribution in [0.3, 0.4) is 0 Å². The number of nitrogens with one attached hydrogen (secondary N) is 1. The zero-order valence-electron chi connectivity index (χ0n) is 14.2. The molecule has 0 radical (unpaired) electrons. The molecular weight excluding hydrogens is 331 g/mol. The van der Waals surface area contributed by atoms with E-state index in [0.717, 1.165) is 25.0 Å². The van der Waals surface area contributed by atoms with Crippen molar-refractivity contribution in [2.45, 2.75) is 51.1 Å². The summed E-state index contributed by atoms with van der Waals surface area (Å²) >= 11 is 0. The summed E-state index contributed by atoms with van der Waals surface area (Å²) in [6, 6.07) is 5.99. The van der Waals surface area contributed by atoms with Crippen molar-refractivity contribution in [3.8, 4) is 5.75 Å². The highest BCUT2D eigenvalue weighted by Crippen LogP contribution is 2.41. The predicted molar refractivity (Wildman–Crippen MR) is 88.5 cm³/mol. The van der Waals surface area contributed by atoms with Crippen molar-refractivity contribution < 1.29 is 22.7 Å². The van der Waals surface area contributed by atoms with Crippen LogP contribution in [0.1, 0.15) is 43.2 Å². The molecular formula is C19H24F3NO2. The molecule has 6 heteroatoms. The molecule has 1 saturated carbocycles. The van der Waals surface area contributed by atoms with E-state index in [1.54, 1.807) is 0 Å². The lowest BCUT2D eigenvalue weighted by Crippen LogP contribution is -2.43. The summed E-state index contributed by atoms with van der Waals surface area (Å²) < 4.78 is 44.8. The molecule has 2 aliphatic carbocycles. The van der Waals surface area contributed by atoms with Crippen molar-refractivity contribution >= 4 is 5.91 Å². The number of benzene rings is 1. The summed E-state index contributed by atoms with van der Waals surface area (Å²) in [6.45, 7) is 0.477. The SMILES string of the molecule is O=C(NCCOc1ccc2c(c1)CCC2)C1CCCCC1C(F)(F)F. The number of ether oxygens (including phenoxy) is 1. The molecule has 0 bridgehead atoms. The van der Waals surface area contributed by atoms with Gasteiger partial charge in [-0.05, 0) is 55.4 Å². The van der Waals surface area contributed by atoms with Gasteiger partial charge in [-0.25, -0.2) is 0 Å². The standard InChI is InChI=1S/C19H24F3NO2/c20-19(21,22)17-7-2-1-6-16(17)18(24)23-10-11-25-15-9-8-13-4-3-5-14(13)12-15/h8-9,12,16-17H,1-7,10-11H2,(H,23,24). The summed E-state index contributed by atoms with van der Waals surface area (Å²) in [6.07, 6.45) is 0.595. The van der Waals surface area contributed by atoms with E-state index in [0.29, 0.717) is 19.3 Å². The van der Waals surface area contributed by atoms with Crippen LogP contribution in [0.25, 0.3) is 0 Å². The van der Waals surface area contributed by atoms with Gasteiger partial charge in [0.15, 0.2) is 0 Å². The van der Waals surface area contributed by atoms with Gasteiger partial charge in [0, 0.05) is 5.92 Å². The summed E-state index contributed by atoms with van der Waals surface area (Å²) in [4.78, 5) is 12.2. The molecule has 2 aliphatic rings. The number of hydrogen-bond donors (Lipinski definition) is 1. The number of amides is 1. The van der Waals surface area contributed by atoms with Gasteiger partial charge in [0.05, 0.1) is 12.5 Å². The summed E-state index contributed by atoms with van der Waals surface area (Å²) in [5.74, 6) is -2.23. The topological polar surface area (TPSA) is 38.3 Å². The van der Waals surface area contributed by atoms with Crippen LogP contribution < -0.4 is 10.1 Å². The number of halogens is 3. The fourth-order valence-corrected chi connectivity index (χ4v) is 3.95. The van der Waals surface area contributed by atoms with Crippen LogP contribution in [0.15, 0.2) is 18.2 Å². The molecule has 0 heterocycles. The number of aryl methyl sites for hydroxylation is 2. The molecule has 2 unspecified atom stereocenters. The van der Waals surface area contributed by atoms with Gasteiger partial charge < -0.3 is 10.1 Å². The second-order valence-corrected chi connectivity index (χ2v) is 6.96. The second kappa shape index (κ2) is 7.67. The highest BCUT2D eigenvalue weighted by molar-refractivity contribution is 5.79. The molecule has 0 spiro atoms. The van der Waals surface area contributed by atoms with E-state index in [-0.39, 0.29) is 19.6 Å². The Bertz CT molecular complexity index is 615. The molecule has 1 aromatic carbocycles. The molecule has 1 aromatic rings. The van der Waals surface area contributed by atoms with E-state index < -0.39 is 23.9 Å². The third-order valence-electron chi connectivity index (χ3n) is 5.26. The third-order valence-corrected chi connectivity index (χ3v) is 5.26. The van der Waals surface area contributed by atoms with Crippen molar-refractivity contribution in [3.05, 3.63) is 29.3 Å². The quantitative estimate of drug-likeness (QED) is 0.810. The minimum absolute atomic E-state index is 0.0488. The van der Waals surface area contributed by atoms with E-state index in [1.807, 2.05) is 12.1 Å². The molecule has 1 N–H and O–H groups in total. The lowest BCUT2D eigenvalue weighted by atomic mass is 9.78. The van der Waals surface area contributed by atoms with Gasteiger partial charge in [-0.2, -0.15) is 13.2 Å². The third kappa shape index (κ3) is 4.47. The number of carbonyl (C=O) groups is 1. The van der Waals surface area contributed by atoms with Gasteiger partial charge in [-0.15, -0.1) is 0 Å². The van der Waals surface area contributed by atoms with Gasteiger partial charge >= 0.3 is 6.18 Å². The summed E-state index contributed by atoms with van der Waals surface area (Å²) in [5.41, 5.74) is 2.66. The molecule has 25 heavy (non-hydrogen) atoms. The lowest BCUT2D eigenvalue weighted by molar-refractivity contribution is -0.198. The fourth-order valence-electron chi connectivity index (χ4n) is 3.95. The van der Waals surface area contributed by atoms with Crippen molar-refractivity contribution in [3.63, 3.8) is 0 Å². The second-order valence-electron chi connectivity index (χ2n) is 6.96. The van der Waals surface area contributed by atoms with Crippen LogP contribution in [0.5, 0.6) is 5.75 Å². The average Bonchev–Trinajstić information content (AvgIpc) is 3.05. The molecule has 0 aliphatic heterocycles. The van der Waals surface area contributed by atoms with Crippen LogP contribution >= 0.6 is 0 Å². The largest absolute Gasteiger partial charge is 0.492 e. The molecule has 1 fully saturated rings. The molecule has 1 amide bonds. The molecule has 0 saturated heterocycles. The van der Waals surface area contributed by atoms with Crippen LogP contribution in [0.2, 0.25) is 0 Å². The van der Waals surface area contributed by atoms with Gasteiger partial charge in [0.2, 0.25) is 5.91 Å². The van der Waals surface area contributed by atoms with Crippen molar-refractivity contribution in [1.82, 2.24) is 5.32 Å². The first kappa shape index (κ1) is 18.1. The van der Waals surface area contributed by atoms with Crippen LogP contribution in [0.4, 0.5) is 13.2 Å². The molecule has 138 valence electrons. The van der Waals surface area contributed by atoms with Gasteiger partial charge in [0.1, 0.15) is 12.4 Å². The maximum atomic E-state index is 13.1. The average molecular weight is 355 g/mol. The zero-order valence-corrected chi connectivity index (χ0v) is 14.2. The Hall–Kier alpha value is -1.72. The smallest absolute Gasteiger partial charge is 0.392 e. The minimum atomic E-state index is -4.30.